The fourth-order valence-corrected chi connectivity index (χ4v) is 4.62. The molecule has 2 saturated carbocycles. The zero-order chi connectivity index (χ0) is 14.3. The molecule has 0 spiro atoms. The van der Waals surface area contributed by atoms with Crippen molar-refractivity contribution in [3.8, 4) is 0 Å². The third kappa shape index (κ3) is 2.86. The standard InChI is InChI=1S/C15H16BrClFNO/c16-12-6-11(18)7-13(17)15(12)19-14(20)5-10-4-8-1-2-9(10)3-8/h6-10H,1-5H2,(H,19,20). The number of nitrogens with one attached hydrogen (secondary N) is 1. The van der Waals surface area contributed by atoms with Crippen molar-refractivity contribution in [1.29, 1.82) is 0 Å². The van der Waals surface area contributed by atoms with Crippen molar-refractivity contribution < 1.29 is 9.18 Å². The number of amides is 1. The van der Waals surface area contributed by atoms with Crippen LogP contribution in [-0.4, -0.2) is 5.91 Å². The summed E-state index contributed by atoms with van der Waals surface area (Å²) < 4.78 is 13.6. The van der Waals surface area contributed by atoms with Crippen molar-refractivity contribution in [3.63, 3.8) is 0 Å². The molecule has 5 heteroatoms. The Kier molecular flexibility index (Phi) is 4.04. The molecule has 1 amide bonds. The van der Waals surface area contributed by atoms with Crippen LogP contribution in [0.15, 0.2) is 16.6 Å². The third-order valence-corrected chi connectivity index (χ3v) is 5.53. The van der Waals surface area contributed by atoms with Crippen LogP contribution in [0.5, 0.6) is 0 Å². The molecule has 2 nitrogen and oxygen atoms in total. The molecule has 0 saturated heterocycles. The Hall–Kier alpha value is -0.610. The predicted molar refractivity (Wildman–Crippen MR) is 81.3 cm³/mol. The number of carbonyl (C=O) groups is 1. The maximum absolute atomic E-state index is 13.1. The number of carbonyl (C=O) groups excluding carboxylic acids is 1. The Morgan fingerprint density at radius 2 is 2.20 bits per heavy atom. The van der Waals surface area contributed by atoms with E-state index in [0.29, 0.717) is 22.5 Å². The number of rotatable bonds is 3. The third-order valence-electron chi connectivity index (χ3n) is 4.60. The molecule has 0 heterocycles. The van der Waals surface area contributed by atoms with E-state index in [9.17, 15) is 9.18 Å². The second kappa shape index (κ2) is 5.64. The fourth-order valence-electron chi connectivity index (χ4n) is 3.72. The summed E-state index contributed by atoms with van der Waals surface area (Å²) in [5.74, 6) is 1.60. The van der Waals surface area contributed by atoms with E-state index >= 15 is 0 Å². The molecular weight excluding hydrogens is 345 g/mol. The summed E-state index contributed by atoms with van der Waals surface area (Å²) in [5, 5.41) is 3.03. The summed E-state index contributed by atoms with van der Waals surface area (Å²) in [4.78, 5) is 12.1. The minimum Gasteiger partial charge on any atom is -0.324 e. The summed E-state index contributed by atoms with van der Waals surface area (Å²) in [7, 11) is 0. The lowest BCUT2D eigenvalue weighted by Gasteiger charge is -2.21. The lowest BCUT2D eigenvalue weighted by molar-refractivity contribution is -0.117. The molecule has 1 aromatic rings. The van der Waals surface area contributed by atoms with Gasteiger partial charge in [0, 0.05) is 10.9 Å². The molecule has 0 radical (unpaired) electrons. The molecule has 20 heavy (non-hydrogen) atoms. The van der Waals surface area contributed by atoms with Crippen LogP contribution in [-0.2, 0) is 4.79 Å². The van der Waals surface area contributed by atoms with Gasteiger partial charge in [-0.1, -0.05) is 18.0 Å². The zero-order valence-corrected chi connectivity index (χ0v) is 13.3. The molecule has 3 unspecified atom stereocenters. The van der Waals surface area contributed by atoms with Crippen LogP contribution in [0.3, 0.4) is 0 Å². The number of halogens is 3. The van der Waals surface area contributed by atoms with E-state index in [0.717, 1.165) is 11.8 Å². The fraction of sp³-hybridized carbons (Fsp3) is 0.533. The molecule has 3 rings (SSSR count). The van der Waals surface area contributed by atoms with Crippen molar-refractivity contribution in [2.45, 2.75) is 32.1 Å². The van der Waals surface area contributed by atoms with Crippen LogP contribution in [0.2, 0.25) is 5.02 Å². The number of fused-ring (bicyclic) bond motifs is 2. The lowest BCUT2D eigenvalue weighted by atomic mass is 9.86. The number of hydrogen-bond donors (Lipinski definition) is 1. The molecular formula is C15H16BrClFNO. The number of anilines is 1. The highest BCUT2D eigenvalue weighted by atomic mass is 79.9. The Balaban J connectivity index is 1.65. The van der Waals surface area contributed by atoms with E-state index in [1.807, 2.05) is 0 Å². The highest BCUT2D eigenvalue weighted by Gasteiger charge is 2.40. The predicted octanol–water partition coefficient (Wildman–Crippen LogP) is 5.01. The van der Waals surface area contributed by atoms with Crippen LogP contribution in [0.4, 0.5) is 10.1 Å². The molecule has 1 N–H and O–H groups in total. The average Bonchev–Trinajstić information content (AvgIpc) is 2.95. The van der Waals surface area contributed by atoms with Crippen LogP contribution in [0, 0.1) is 23.6 Å². The normalized spacial score (nSPS) is 27.9. The summed E-state index contributed by atoms with van der Waals surface area (Å²) in [6.07, 6.45) is 5.61. The largest absolute Gasteiger partial charge is 0.324 e. The van der Waals surface area contributed by atoms with Crippen molar-refractivity contribution in [3.05, 3.63) is 27.4 Å². The molecule has 2 fully saturated rings. The first-order chi connectivity index (χ1) is 9.52. The van der Waals surface area contributed by atoms with E-state index in [2.05, 4.69) is 21.2 Å². The van der Waals surface area contributed by atoms with Gasteiger partial charge < -0.3 is 5.32 Å². The van der Waals surface area contributed by atoms with Crippen LogP contribution in [0.1, 0.15) is 32.1 Å². The van der Waals surface area contributed by atoms with E-state index in [-0.39, 0.29) is 10.9 Å². The van der Waals surface area contributed by atoms with Gasteiger partial charge in [-0.3, -0.25) is 4.79 Å². The minimum atomic E-state index is -0.423. The molecule has 2 aliphatic rings. The first kappa shape index (κ1) is 14.3. The summed E-state index contributed by atoms with van der Waals surface area (Å²) in [5.41, 5.74) is 0.459. The van der Waals surface area contributed by atoms with Crippen molar-refractivity contribution in [1.82, 2.24) is 0 Å². The molecule has 0 aromatic heterocycles. The van der Waals surface area contributed by atoms with E-state index in [1.54, 1.807) is 0 Å². The Bertz CT molecular complexity index is 528. The SMILES string of the molecule is O=C(CC1CC2CCC1C2)Nc1c(Cl)cc(F)cc1Br. The second-order valence-corrected chi connectivity index (χ2v) is 7.19. The molecule has 3 atom stereocenters. The molecule has 0 aliphatic heterocycles. The maximum Gasteiger partial charge on any atom is 0.224 e. The van der Waals surface area contributed by atoms with Gasteiger partial charge in [-0.25, -0.2) is 4.39 Å². The Morgan fingerprint density at radius 3 is 2.80 bits per heavy atom. The molecule has 2 aliphatic carbocycles. The lowest BCUT2D eigenvalue weighted by Crippen LogP contribution is -2.20. The van der Waals surface area contributed by atoms with Gasteiger partial charge in [0.25, 0.3) is 0 Å². The Labute approximate surface area is 131 Å². The van der Waals surface area contributed by atoms with E-state index < -0.39 is 5.82 Å². The van der Waals surface area contributed by atoms with Gasteiger partial charge in [0.2, 0.25) is 5.91 Å². The Morgan fingerprint density at radius 1 is 1.40 bits per heavy atom. The highest BCUT2D eigenvalue weighted by Crippen LogP contribution is 2.49. The molecule has 2 bridgehead atoms. The molecule has 108 valence electrons. The monoisotopic (exact) mass is 359 g/mol. The van der Waals surface area contributed by atoms with Gasteiger partial charge in [-0.2, -0.15) is 0 Å². The van der Waals surface area contributed by atoms with E-state index in [1.165, 1.54) is 37.8 Å². The first-order valence-corrected chi connectivity index (χ1v) is 8.14. The summed E-state index contributed by atoms with van der Waals surface area (Å²) in [6, 6.07) is 2.51. The zero-order valence-electron chi connectivity index (χ0n) is 11.0. The van der Waals surface area contributed by atoms with Crippen molar-refractivity contribution >= 4 is 39.1 Å². The second-order valence-electron chi connectivity index (χ2n) is 5.93. The van der Waals surface area contributed by atoms with E-state index in [4.69, 9.17) is 11.6 Å². The number of hydrogen-bond acceptors (Lipinski definition) is 1. The topological polar surface area (TPSA) is 29.1 Å². The van der Waals surface area contributed by atoms with Crippen LogP contribution >= 0.6 is 27.5 Å². The molecule has 1 aromatic carbocycles. The first-order valence-electron chi connectivity index (χ1n) is 6.97. The smallest absolute Gasteiger partial charge is 0.224 e. The van der Waals surface area contributed by atoms with Crippen LogP contribution in [0.25, 0.3) is 0 Å². The minimum absolute atomic E-state index is 0.0308. The van der Waals surface area contributed by atoms with Gasteiger partial charge in [0.05, 0.1) is 10.7 Å². The summed E-state index contributed by atoms with van der Waals surface area (Å²) in [6.45, 7) is 0. The van der Waals surface area contributed by atoms with Crippen LogP contribution < -0.4 is 5.32 Å². The number of benzene rings is 1. The van der Waals surface area contributed by atoms with Crippen molar-refractivity contribution in [2.24, 2.45) is 17.8 Å². The van der Waals surface area contributed by atoms with Crippen molar-refractivity contribution in [2.75, 3.05) is 5.32 Å². The van der Waals surface area contributed by atoms with Gasteiger partial charge in [-0.05, 0) is 65.1 Å². The van der Waals surface area contributed by atoms with Gasteiger partial charge in [0.15, 0.2) is 0 Å². The maximum atomic E-state index is 13.1. The van der Waals surface area contributed by atoms with Gasteiger partial charge >= 0.3 is 0 Å². The quantitative estimate of drug-likeness (QED) is 0.807. The highest BCUT2D eigenvalue weighted by molar-refractivity contribution is 9.10. The average molecular weight is 361 g/mol. The summed E-state index contributed by atoms with van der Waals surface area (Å²) >= 11 is 9.21. The van der Waals surface area contributed by atoms with Gasteiger partial charge in [-0.15, -0.1) is 0 Å². The van der Waals surface area contributed by atoms with Gasteiger partial charge in [0.1, 0.15) is 5.82 Å².